The normalized spacial score (nSPS) is 16.1. The number of guanidine groups is 1. The second-order valence-electron chi connectivity index (χ2n) is 7.13. The van der Waals surface area contributed by atoms with Crippen LogP contribution < -0.4 is 15.5 Å². The Kier molecular flexibility index (Phi) is 8.21. The highest BCUT2D eigenvalue weighted by Crippen LogP contribution is 2.21. The van der Waals surface area contributed by atoms with Crippen LogP contribution in [0.25, 0.3) is 11.3 Å². The zero-order chi connectivity index (χ0) is 20.8. The van der Waals surface area contributed by atoms with Gasteiger partial charge < -0.3 is 20.1 Å². The molecule has 1 aromatic carbocycles. The summed E-state index contributed by atoms with van der Waals surface area (Å²) in [7, 11) is 0. The number of hydrogen-bond donors (Lipinski definition) is 2. The fourth-order valence-corrected chi connectivity index (χ4v) is 3.48. The SMILES string of the molecule is CCNC(=NCc1cc(-c2ccccc2)on1)NC1CCN(c2ncccc2F)C1.I. The van der Waals surface area contributed by atoms with Crippen molar-refractivity contribution in [1.29, 1.82) is 0 Å². The minimum absolute atomic E-state index is 0. The molecule has 0 amide bonds. The summed E-state index contributed by atoms with van der Waals surface area (Å²) in [5.74, 6) is 1.54. The number of hydrogen-bond acceptors (Lipinski definition) is 5. The highest BCUT2D eigenvalue weighted by Gasteiger charge is 2.26. The van der Waals surface area contributed by atoms with Crippen molar-refractivity contribution in [1.82, 2.24) is 20.8 Å². The highest BCUT2D eigenvalue weighted by atomic mass is 127. The Morgan fingerprint density at radius 1 is 1.26 bits per heavy atom. The molecule has 1 saturated heterocycles. The minimum Gasteiger partial charge on any atom is -0.357 e. The van der Waals surface area contributed by atoms with Crippen molar-refractivity contribution in [3.63, 3.8) is 0 Å². The average Bonchev–Trinajstić information content (AvgIpc) is 3.43. The fraction of sp³-hybridized carbons (Fsp3) is 0.318. The molecule has 7 nitrogen and oxygen atoms in total. The monoisotopic (exact) mass is 536 g/mol. The van der Waals surface area contributed by atoms with E-state index in [4.69, 9.17) is 4.52 Å². The molecule has 9 heteroatoms. The third kappa shape index (κ3) is 5.93. The summed E-state index contributed by atoms with van der Waals surface area (Å²) in [6, 6.07) is 15.0. The number of aliphatic imine (C=N–C) groups is 1. The van der Waals surface area contributed by atoms with E-state index in [0.717, 1.165) is 36.5 Å². The minimum atomic E-state index is -0.293. The van der Waals surface area contributed by atoms with E-state index in [1.165, 1.54) is 6.07 Å². The smallest absolute Gasteiger partial charge is 0.191 e. The first-order valence-corrected chi connectivity index (χ1v) is 10.1. The molecule has 2 aromatic heterocycles. The van der Waals surface area contributed by atoms with Crippen molar-refractivity contribution >= 4 is 35.8 Å². The van der Waals surface area contributed by atoms with Crippen LogP contribution in [0.3, 0.4) is 0 Å². The van der Waals surface area contributed by atoms with Gasteiger partial charge in [-0.2, -0.15) is 0 Å². The van der Waals surface area contributed by atoms with Crippen LogP contribution in [0.2, 0.25) is 0 Å². The third-order valence-electron chi connectivity index (χ3n) is 4.93. The quantitative estimate of drug-likeness (QED) is 0.284. The van der Waals surface area contributed by atoms with Gasteiger partial charge in [0.2, 0.25) is 0 Å². The zero-order valence-corrected chi connectivity index (χ0v) is 19.6. The Hall–Kier alpha value is -2.69. The van der Waals surface area contributed by atoms with Gasteiger partial charge in [-0.05, 0) is 25.5 Å². The van der Waals surface area contributed by atoms with Crippen LogP contribution in [0.5, 0.6) is 0 Å². The van der Waals surface area contributed by atoms with Crippen LogP contribution in [0.1, 0.15) is 19.0 Å². The predicted octanol–water partition coefficient (Wildman–Crippen LogP) is 3.83. The van der Waals surface area contributed by atoms with Gasteiger partial charge in [0.1, 0.15) is 5.69 Å². The highest BCUT2D eigenvalue weighted by molar-refractivity contribution is 14.0. The molecule has 3 heterocycles. The maximum absolute atomic E-state index is 14.0. The van der Waals surface area contributed by atoms with E-state index in [0.29, 0.717) is 24.9 Å². The first-order valence-electron chi connectivity index (χ1n) is 10.1. The van der Waals surface area contributed by atoms with E-state index in [-0.39, 0.29) is 35.8 Å². The van der Waals surface area contributed by atoms with Gasteiger partial charge in [-0.1, -0.05) is 35.5 Å². The number of anilines is 1. The number of nitrogens with one attached hydrogen (secondary N) is 2. The number of halogens is 2. The lowest BCUT2D eigenvalue weighted by atomic mass is 10.2. The molecule has 0 spiro atoms. The van der Waals surface area contributed by atoms with Crippen LogP contribution in [0.4, 0.5) is 10.2 Å². The molecule has 1 unspecified atom stereocenters. The van der Waals surface area contributed by atoms with Gasteiger partial charge in [0.25, 0.3) is 0 Å². The molecule has 3 aromatic rings. The van der Waals surface area contributed by atoms with E-state index in [1.54, 1.807) is 12.3 Å². The maximum atomic E-state index is 14.0. The summed E-state index contributed by atoms with van der Waals surface area (Å²) in [5, 5.41) is 10.8. The Balaban J connectivity index is 0.00000272. The predicted molar refractivity (Wildman–Crippen MR) is 130 cm³/mol. The largest absolute Gasteiger partial charge is 0.357 e. The molecule has 0 bridgehead atoms. The van der Waals surface area contributed by atoms with Crippen molar-refractivity contribution < 1.29 is 8.91 Å². The number of benzene rings is 1. The molecule has 164 valence electrons. The first-order chi connectivity index (χ1) is 14.7. The number of pyridine rings is 1. The summed E-state index contributed by atoms with van der Waals surface area (Å²) in [4.78, 5) is 10.8. The van der Waals surface area contributed by atoms with Gasteiger partial charge in [0.15, 0.2) is 23.4 Å². The lowest BCUT2D eigenvalue weighted by Gasteiger charge is -2.19. The van der Waals surface area contributed by atoms with Crippen LogP contribution in [-0.2, 0) is 6.54 Å². The van der Waals surface area contributed by atoms with E-state index >= 15 is 0 Å². The van der Waals surface area contributed by atoms with E-state index in [1.807, 2.05) is 48.2 Å². The van der Waals surface area contributed by atoms with Crippen molar-refractivity contribution in [3.8, 4) is 11.3 Å². The molecule has 1 aliphatic rings. The molecule has 1 atom stereocenters. The Morgan fingerprint density at radius 2 is 2.10 bits per heavy atom. The van der Waals surface area contributed by atoms with Gasteiger partial charge in [-0.15, -0.1) is 24.0 Å². The molecular formula is C22H26FIN6O. The van der Waals surface area contributed by atoms with Crippen LogP contribution in [0.15, 0.2) is 64.2 Å². The van der Waals surface area contributed by atoms with Gasteiger partial charge in [-0.3, -0.25) is 0 Å². The second kappa shape index (κ2) is 11.1. The van der Waals surface area contributed by atoms with Crippen molar-refractivity contribution in [3.05, 3.63) is 66.2 Å². The van der Waals surface area contributed by atoms with Crippen LogP contribution >= 0.6 is 24.0 Å². The lowest BCUT2D eigenvalue weighted by Crippen LogP contribution is -2.44. The van der Waals surface area contributed by atoms with Gasteiger partial charge in [0.05, 0.1) is 6.54 Å². The van der Waals surface area contributed by atoms with Gasteiger partial charge in [0, 0.05) is 43.5 Å². The van der Waals surface area contributed by atoms with Crippen molar-refractivity contribution in [2.75, 3.05) is 24.5 Å². The van der Waals surface area contributed by atoms with E-state index < -0.39 is 0 Å². The van der Waals surface area contributed by atoms with Crippen LogP contribution in [0, 0.1) is 5.82 Å². The molecule has 0 saturated carbocycles. The molecule has 0 aliphatic carbocycles. The average molecular weight is 536 g/mol. The summed E-state index contributed by atoms with van der Waals surface area (Å²) in [6.07, 6.45) is 2.49. The Bertz CT molecular complexity index is 996. The number of aromatic nitrogens is 2. The molecule has 0 radical (unpaired) electrons. The Morgan fingerprint density at radius 3 is 2.87 bits per heavy atom. The zero-order valence-electron chi connectivity index (χ0n) is 17.3. The topological polar surface area (TPSA) is 78.6 Å². The van der Waals surface area contributed by atoms with E-state index in [2.05, 4.69) is 25.8 Å². The molecule has 31 heavy (non-hydrogen) atoms. The summed E-state index contributed by atoms with van der Waals surface area (Å²) < 4.78 is 19.4. The van der Waals surface area contributed by atoms with Crippen LogP contribution in [-0.4, -0.2) is 41.8 Å². The van der Waals surface area contributed by atoms with Crippen molar-refractivity contribution in [2.45, 2.75) is 25.9 Å². The maximum Gasteiger partial charge on any atom is 0.191 e. The second-order valence-corrected chi connectivity index (χ2v) is 7.13. The molecule has 1 fully saturated rings. The first kappa shape index (κ1) is 23.0. The third-order valence-corrected chi connectivity index (χ3v) is 4.93. The van der Waals surface area contributed by atoms with Gasteiger partial charge in [-0.25, -0.2) is 14.4 Å². The molecule has 4 rings (SSSR count). The molecular weight excluding hydrogens is 510 g/mol. The Labute approximate surface area is 198 Å². The molecule has 2 N–H and O–H groups in total. The number of nitrogens with zero attached hydrogens (tertiary/aromatic N) is 4. The van der Waals surface area contributed by atoms with Crippen molar-refractivity contribution in [2.24, 2.45) is 4.99 Å². The summed E-state index contributed by atoms with van der Waals surface area (Å²) in [5.41, 5.74) is 1.74. The van der Waals surface area contributed by atoms with Gasteiger partial charge >= 0.3 is 0 Å². The number of rotatable bonds is 6. The van der Waals surface area contributed by atoms with E-state index in [9.17, 15) is 4.39 Å². The molecule has 1 aliphatic heterocycles. The summed E-state index contributed by atoms with van der Waals surface area (Å²) >= 11 is 0. The standard InChI is InChI=1S/C22H25FN6O.HI/c1-2-24-22(26-14-18-13-20(30-28-18)16-7-4-3-5-8-16)27-17-10-12-29(15-17)21-19(23)9-6-11-25-21;/h3-9,11,13,17H,2,10,12,14-15H2,1H3,(H2,24,26,27);1H. The summed E-state index contributed by atoms with van der Waals surface area (Å²) in [6.45, 7) is 4.57. The lowest BCUT2D eigenvalue weighted by molar-refractivity contribution is 0.424. The fourth-order valence-electron chi connectivity index (χ4n) is 3.48.